The van der Waals surface area contributed by atoms with Crippen LogP contribution in [0.25, 0.3) is 17.0 Å². The molecule has 0 spiro atoms. The number of nitrogens with one attached hydrogen (secondary N) is 1. The normalized spacial score (nSPS) is 13.5. The van der Waals surface area contributed by atoms with E-state index in [4.69, 9.17) is 0 Å². The predicted octanol–water partition coefficient (Wildman–Crippen LogP) is 4.70. The highest BCUT2D eigenvalue weighted by molar-refractivity contribution is 7.90. The van der Waals surface area contributed by atoms with Gasteiger partial charge in [-0.1, -0.05) is 24.3 Å². The Kier molecular flexibility index (Phi) is 8.69. The maximum absolute atomic E-state index is 13.5. The minimum Gasteiger partial charge on any atom is -0.333 e. The first kappa shape index (κ1) is 29.0. The molecular weight excluding hydrogens is 553 g/mol. The minimum atomic E-state index is -3.23. The van der Waals surface area contributed by atoms with Gasteiger partial charge in [-0.3, -0.25) is 9.47 Å². The maximum atomic E-state index is 13.5. The monoisotopic (exact) mass is 579 g/mol. The Labute approximate surface area is 238 Å². The van der Waals surface area contributed by atoms with Crippen LogP contribution < -0.4 is 5.32 Å². The molecule has 11 heteroatoms. The smallest absolute Gasteiger partial charge is 0.326 e. The third-order valence-electron chi connectivity index (χ3n) is 6.78. The molecule has 206 valence electrons. The van der Waals surface area contributed by atoms with Crippen LogP contribution in [0.1, 0.15) is 27.9 Å². The highest BCUT2D eigenvalue weighted by Gasteiger charge is 2.26. The van der Waals surface area contributed by atoms with E-state index in [2.05, 4.69) is 21.3 Å². The number of amides is 1. The van der Waals surface area contributed by atoms with Crippen molar-refractivity contribution in [1.82, 2.24) is 19.8 Å². The molecular formula is C29H27ClFN5O3S. The molecule has 0 aliphatic carbocycles. The Hall–Kier alpha value is -4.04. The molecule has 1 aliphatic rings. The number of rotatable bonds is 6. The van der Waals surface area contributed by atoms with E-state index in [0.717, 1.165) is 34.3 Å². The average molecular weight is 580 g/mol. The molecule has 4 aromatic rings. The van der Waals surface area contributed by atoms with Gasteiger partial charge in [-0.25, -0.2) is 18.2 Å². The first-order valence-electron chi connectivity index (χ1n) is 12.4. The van der Waals surface area contributed by atoms with Crippen molar-refractivity contribution in [3.05, 3.63) is 101 Å². The van der Waals surface area contributed by atoms with E-state index in [0.29, 0.717) is 30.6 Å². The fourth-order valence-corrected chi connectivity index (χ4v) is 5.48. The van der Waals surface area contributed by atoms with Gasteiger partial charge in [-0.05, 0) is 59.2 Å². The van der Waals surface area contributed by atoms with Crippen LogP contribution >= 0.6 is 12.4 Å². The number of nitriles is 1. The van der Waals surface area contributed by atoms with Gasteiger partial charge in [0.25, 0.3) is 0 Å². The van der Waals surface area contributed by atoms with Crippen LogP contribution in [0.15, 0.2) is 71.8 Å². The molecule has 8 nitrogen and oxygen atoms in total. The second-order valence-corrected chi connectivity index (χ2v) is 11.5. The number of sulfone groups is 1. The summed E-state index contributed by atoms with van der Waals surface area (Å²) < 4.78 is 38.5. The number of aromatic nitrogens is 2. The van der Waals surface area contributed by atoms with E-state index < -0.39 is 15.8 Å². The summed E-state index contributed by atoms with van der Waals surface area (Å²) in [7, 11) is -3.23. The highest BCUT2D eigenvalue weighted by Crippen LogP contribution is 2.31. The van der Waals surface area contributed by atoms with Gasteiger partial charge in [0.05, 0.1) is 22.0 Å². The molecule has 0 fully saturated rings. The molecule has 1 aliphatic heterocycles. The van der Waals surface area contributed by atoms with Crippen LogP contribution in [0.2, 0.25) is 0 Å². The van der Waals surface area contributed by atoms with E-state index in [1.54, 1.807) is 47.0 Å². The number of nitrogens with zero attached hydrogens (tertiary/aromatic N) is 4. The molecule has 40 heavy (non-hydrogen) atoms. The average Bonchev–Trinajstić information content (AvgIpc) is 3.24. The van der Waals surface area contributed by atoms with Crippen molar-refractivity contribution in [2.45, 2.75) is 24.4 Å². The number of pyridine rings is 1. The van der Waals surface area contributed by atoms with Gasteiger partial charge in [0.1, 0.15) is 0 Å². The van der Waals surface area contributed by atoms with Gasteiger partial charge in [0, 0.05) is 56.1 Å². The van der Waals surface area contributed by atoms with Crippen molar-refractivity contribution < 1.29 is 17.6 Å². The van der Waals surface area contributed by atoms with Crippen LogP contribution in [0.3, 0.4) is 0 Å². The molecule has 0 saturated carbocycles. The lowest BCUT2D eigenvalue weighted by molar-refractivity contribution is 0.240. The summed E-state index contributed by atoms with van der Waals surface area (Å²) in [6, 6.07) is 16.9. The molecule has 0 bridgehead atoms. The number of carbonyl (C=O) groups excluding carboxylic acids is 1. The second-order valence-electron chi connectivity index (χ2n) is 9.48. The molecule has 3 heterocycles. The fourth-order valence-electron chi connectivity index (χ4n) is 4.84. The Bertz CT molecular complexity index is 1740. The molecule has 0 saturated heterocycles. The maximum Gasteiger partial charge on any atom is 0.326 e. The molecule has 0 unspecified atom stereocenters. The number of fused-ring (bicyclic) bond motifs is 3. The largest absolute Gasteiger partial charge is 0.333 e. The Morgan fingerprint density at radius 2 is 1.95 bits per heavy atom. The minimum absolute atomic E-state index is 0. The van der Waals surface area contributed by atoms with Crippen molar-refractivity contribution in [2.75, 3.05) is 19.3 Å². The van der Waals surface area contributed by atoms with Gasteiger partial charge >= 0.3 is 6.03 Å². The third-order valence-corrected chi connectivity index (χ3v) is 7.90. The number of halogens is 2. The van der Waals surface area contributed by atoms with E-state index in [1.807, 2.05) is 18.2 Å². The highest BCUT2D eigenvalue weighted by atomic mass is 35.5. The van der Waals surface area contributed by atoms with E-state index in [1.165, 1.54) is 18.5 Å². The molecule has 0 radical (unpaired) electrons. The van der Waals surface area contributed by atoms with Crippen molar-refractivity contribution in [1.29, 1.82) is 5.26 Å². The molecule has 1 amide bonds. The number of hydrogen-bond acceptors (Lipinski definition) is 6. The summed E-state index contributed by atoms with van der Waals surface area (Å²) >= 11 is 0. The van der Waals surface area contributed by atoms with Crippen molar-refractivity contribution >= 4 is 45.3 Å². The van der Waals surface area contributed by atoms with Crippen molar-refractivity contribution in [3.63, 3.8) is 0 Å². The number of hydrogen-bond donors (Lipinski definition) is 1. The van der Waals surface area contributed by atoms with Crippen molar-refractivity contribution in [2.24, 2.45) is 0 Å². The van der Waals surface area contributed by atoms with Crippen LogP contribution in [0.4, 0.5) is 9.18 Å². The zero-order valence-electron chi connectivity index (χ0n) is 21.7. The van der Waals surface area contributed by atoms with Crippen LogP contribution in [0, 0.1) is 17.3 Å². The van der Waals surface area contributed by atoms with E-state index in [-0.39, 0.29) is 29.9 Å². The van der Waals surface area contributed by atoms with Crippen LogP contribution in [-0.2, 0) is 29.3 Å². The summed E-state index contributed by atoms with van der Waals surface area (Å²) in [5, 5.41) is 13.2. The first-order valence-corrected chi connectivity index (χ1v) is 14.3. The van der Waals surface area contributed by atoms with Gasteiger partial charge in [0.2, 0.25) is 5.95 Å². The first-order chi connectivity index (χ1) is 18.7. The lowest BCUT2D eigenvalue weighted by atomic mass is 10.0. The summed E-state index contributed by atoms with van der Waals surface area (Å²) in [4.78, 5) is 19.4. The summed E-state index contributed by atoms with van der Waals surface area (Å²) in [5.74, 6) is -0.602. The van der Waals surface area contributed by atoms with Crippen LogP contribution in [0.5, 0.6) is 0 Å². The second kappa shape index (κ2) is 12.0. The zero-order chi connectivity index (χ0) is 27.6. The third kappa shape index (κ3) is 6.23. The Morgan fingerprint density at radius 3 is 2.65 bits per heavy atom. The van der Waals surface area contributed by atoms with E-state index >= 15 is 0 Å². The molecule has 0 atom stereocenters. The molecule has 2 aromatic heterocycles. The standard InChI is InChI=1S/C29H26FN5O3S.ClH/c1-39(37,38)23-7-4-20(5-8-23)3-2-13-34-14-11-27-25(19-34)24-15-21(17-31)6-9-26(24)35(27)29(36)33-18-22-10-12-32-28(30)16-22;/h2-10,12,15-16H,11,13-14,18-19H2,1H3,(H,33,36);1H/b3-2+;. The lowest BCUT2D eigenvalue weighted by Gasteiger charge is -2.27. The quantitative estimate of drug-likeness (QED) is 0.332. The number of benzene rings is 2. The number of carbonyl (C=O) groups is 1. The van der Waals surface area contributed by atoms with Crippen LogP contribution in [-0.4, -0.2) is 48.2 Å². The topological polar surface area (TPSA) is 108 Å². The molecule has 2 aromatic carbocycles. The lowest BCUT2D eigenvalue weighted by Crippen LogP contribution is -2.34. The Morgan fingerprint density at radius 1 is 1.18 bits per heavy atom. The zero-order valence-corrected chi connectivity index (χ0v) is 23.3. The van der Waals surface area contributed by atoms with Gasteiger partial charge < -0.3 is 5.32 Å². The molecule has 5 rings (SSSR count). The molecule has 1 N–H and O–H groups in total. The Balaban J connectivity index is 0.00000370. The summed E-state index contributed by atoms with van der Waals surface area (Å²) in [6.45, 7) is 2.16. The predicted molar refractivity (Wildman–Crippen MR) is 153 cm³/mol. The van der Waals surface area contributed by atoms with Crippen molar-refractivity contribution in [3.8, 4) is 6.07 Å². The van der Waals surface area contributed by atoms with Gasteiger partial charge in [0.15, 0.2) is 9.84 Å². The van der Waals surface area contributed by atoms with Gasteiger partial charge in [-0.2, -0.15) is 9.65 Å². The fraction of sp³-hybridized carbons (Fsp3) is 0.207. The summed E-state index contributed by atoms with van der Waals surface area (Å²) in [5.41, 5.74) is 4.66. The van der Waals surface area contributed by atoms with Gasteiger partial charge in [-0.15, -0.1) is 12.4 Å². The SMILES string of the molecule is CS(=O)(=O)c1ccc(/C=C/CN2CCc3c(c4cc(C#N)ccc4n3C(=O)NCc3ccnc(F)c3)C2)cc1.Cl. The van der Waals surface area contributed by atoms with E-state index in [9.17, 15) is 22.9 Å². The summed E-state index contributed by atoms with van der Waals surface area (Å²) in [6.07, 6.45) is 7.17.